The quantitative estimate of drug-likeness (QED) is 0.600. The van der Waals surface area contributed by atoms with E-state index in [0.717, 1.165) is 5.56 Å². The van der Waals surface area contributed by atoms with E-state index < -0.39 is 0 Å². The number of aryl methyl sites for hydroxylation is 2. The molecule has 0 saturated carbocycles. The third kappa shape index (κ3) is 0.809. The van der Waals surface area contributed by atoms with Crippen LogP contribution in [0, 0.1) is 19.7 Å². The van der Waals surface area contributed by atoms with E-state index >= 15 is 0 Å². The SMILES string of the molecule is Cc1cc(F)c(C)c2nonc12. The summed E-state index contributed by atoms with van der Waals surface area (Å²) in [6.45, 7) is 3.43. The molecule has 0 unspecified atom stereocenters. The lowest BCUT2D eigenvalue weighted by atomic mass is 10.1. The highest BCUT2D eigenvalue weighted by atomic mass is 19.1. The topological polar surface area (TPSA) is 38.9 Å². The van der Waals surface area contributed by atoms with Crippen LogP contribution >= 0.6 is 0 Å². The molecule has 2 aromatic rings. The van der Waals surface area contributed by atoms with Crippen LogP contribution in [0.1, 0.15) is 11.1 Å². The van der Waals surface area contributed by atoms with Crippen LogP contribution in [-0.4, -0.2) is 10.3 Å². The van der Waals surface area contributed by atoms with E-state index in [-0.39, 0.29) is 5.82 Å². The van der Waals surface area contributed by atoms with Crippen molar-refractivity contribution in [3.8, 4) is 0 Å². The number of halogens is 1. The maximum absolute atomic E-state index is 13.1. The molecule has 62 valence electrons. The molecule has 0 N–H and O–H groups in total. The zero-order chi connectivity index (χ0) is 8.72. The fourth-order valence-corrected chi connectivity index (χ4v) is 1.17. The fourth-order valence-electron chi connectivity index (χ4n) is 1.17. The molecule has 1 aromatic heterocycles. The molecule has 0 amide bonds. The number of hydrogen-bond donors (Lipinski definition) is 0. The second-order valence-corrected chi connectivity index (χ2v) is 2.76. The summed E-state index contributed by atoms with van der Waals surface area (Å²) >= 11 is 0. The minimum absolute atomic E-state index is 0.268. The number of nitrogens with zero attached hydrogens (tertiary/aromatic N) is 2. The number of aromatic nitrogens is 2. The molecular weight excluding hydrogens is 159 g/mol. The van der Waals surface area contributed by atoms with Crippen LogP contribution in [0.25, 0.3) is 11.0 Å². The lowest BCUT2D eigenvalue weighted by Crippen LogP contribution is -1.87. The highest BCUT2D eigenvalue weighted by Crippen LogP contribution is 2.20. The Morgan fingerprint density at radius 2 is 1.92 bits per heavy atom. The van der Waals surface area contributed by atoms with E-state index in [1.165, 1.54) is 6.07 Å². The van der Waals surface area contributed by atoms with Crippen LogP contribution in [0.3, 0.4) is 0 Å². The Bertz CT molecular complexity index is 436. The second kappa shape index (κ2) is 2.27. The zero-order valence-electron chi connectivity index (χ0n) is 6.76. The smallest absolute Gasteiger partial charge is 0.141 e. The molecular formula is C8H7FN2O. The summed E-state index contributed by atoms with van der Waals surface area (Å²) < 4.78 is 17.6. The van der Waals surface area contributed by atoms with Crippen LogP contribution in [0.2, 0.25) is 0 Å². The summed E-state index contributed by atoms with van der Waals surface area (Å²) in [5, 5.41) is 7.28. The molecule has 1 aromatic carbocycles. The first-order chi connectivity index (χ1) is 5.70. The predicted molar refractivity (Wildman–Crippen MR) is 41.2 cm³/mol. The number of rotatable bonds is 0. The second-order valence-electron chi connectivity index (χ2n) is 2.76. The molecule has 0 aliphatic rings. The van der Waals surface area contributed by atoms with E-state index in [1.807, 2.05) is 0 Å². The molecule has 1 heterocycles. The summed E-state index contributed by atoms with van der Waals surface area (Å²) in [5.41, 5.74) is 2.37. The molecule has 0 radical (unpaired) electrons. The Kier molecular flexibility index (Phi) is 1.36. The van der Waals surface area contributed by atoms with Gasteiger partial charge in [-0.25, -0.2) is 9.02 Å². The normalized spacial score (nSPS) is 10.9. The van der Waals surface area contributed by atoms with Crippen molar-refractivity contribution in [1.82, 2.24) is 10.3 Å². The maximum Gasteiger partial charge on any atom is 0.141 e. The summed E-state index contributed by atoms with van der Waals surface area (Å²) in [4.78, 5) is 0. The van der Waals surface area contributed by atoms with Gasteiger partial charge in [-0.15, -0.1) is 0 Å². The highest BCUT2D eigenvalue weighted by molar-refractivity contribution is 5.80. The monoisotopic (exact) mass is 166 g/mol. The first-order valence-electron chi connectivity index (χ1n) is 3.58. The summed E-state index contributed by atoms with van der Waals surface area (Å²) in [6, 6.07) is 1.43. The average molecular weight is 166 g/mol. The van der Waals surface area contributed by atoms with Gasteiger partial charge in [-0.05, 0) is 35.8 Å². The minimum atomic E-state index is -0.268. The van der Waals surface area contributed by atoms with Crippen molar-refractivity contribution in [2.24, 2.45) is 0 Å². The van der Waals surface area contributed by atoms with E-state index in [0.29, 0.717) is 16.6 Å². The Labute approximate surface area is 68.1 Å². The van der Waals surface area contributed by atoms with Crippen molar-refractivity contribution in [1.29, 1.82) is 0 Å². The van der Waals surface area contributed by atoms with Crippen molar-refractivity contribution in [2.45, 2.75) is 13.8 Å². The average Bonchev–Trinajstić information content (AvgIpc) is 2.48. The third-order valence-electron chi connectivity index (χ3n) is 1.92. The zero-order valence-corrected chi connectivity index (χ0v) is 6.76. The highest BCUT2D eigenvalue weighted by Gasteiger charge is 2.10. The van der Waals surface area contributed by atoms with Gasteiger partial charge in [-0.1, -0.05) is 0 Å². The fraction of sp³-hybridized carbons (Fsp3) is 0.250. The van der Waals surface area contributed by atoms with Gasteiger partial charge in [-0.2, -0.15) is 0 Å². The van der Waals surface area contributed by atoms with Gasteiger partial charge in [0.15, 0.2) is 0 Å². The van der Waals surface area contributed by atoms with Crippen molar-refractivity contribution in [3.63, 3.8) is 0 Å². The summed E-state index contributed by atoms with van der Waals surface area (Å²) in [6.07, 6.45) is 0. The molecule has 0 atom stereocenters. The first kappa shape index (κ1) is 7.21. The molecule has 3 nitrogen and oxygen atoms in total. The summed E-state index contributed by atoms with van der Waals surface area (Å²) in [7, 11) is 0. The van der Waals surface area contributed by atoms with Crippen LogP contribution in [0.4, 0.5) is 4.39 Å². The van der Waals surface area contributed by atoms with Crippen LogP contribution in [0.5, 0.6) is 0 Å². The van der Waals surface area contributed by atoms with Gasteiger partial charge in [0.1, 0.15) is 16.9 Å². The molecule has 4 heteroatoms. The third-order valence-corrected chi connectivity index (χ3v) is 1.92. The molecule has 2 rings (SSSR count). The van der Waals surface area contributed by atoms with Gasteiger partial charge in [-0.3, -0.25) is 0 Å². The number of hydrogen-bond acceptors (Lipinski definition) is 3. The van der Waals surface area contributed by atoms with Crippen molar-refractivity contribution < 1.29 is 9.02 Å². The van der Waals surface area contributed by atoms with Crippen LogP contribution < -0.4 is 0 Å². The Morgan fingerprint density at radius 1 is 1.25 bits per heavy atom. The van der Waals surface area contributed by atoms with E-state index in [2.05, 4.69) is 14.9 Å². The predicted octanol–water partition coefficient (Wildman–Crippen LogP) is 1.98. The van der Waals surface area contributed by atoms with E-state index in [9.17, 15) is 4.39 Å². The maximum atomic E-state index is 13.1. The Hall–Kier alpha value is -1.45. The van der Waals surface area contributed by atoms with Crippen molar-refractivity contribution in [2.75, 3.05) is 0 Å². The first-order valence-corrected chi connectivity index (χ1v) is 3.58. The van der Waals surface area contributed by atoms with Crippen molar-refractivity contribution >= 4 is 11.0 Å². The van der Waals surface area contributed by atoms with Crippen molar-refractivity contribution in [3.05, 3.63) is 23.0 Å². The molecule has 0 bridgehead atoms. The lowest BCUT2D eigenvalue weighted by molar-refractivity contribution is 0.315. The largest absolute Gasteiger partial charge is 0.243 e. The Morgan fingerprint density at radius 3 is 2.67 bits per heavy atom. The molecule has 0 saturated heterocycles. The number of fused-ring (bicyclic) bond motifs is 1. The van der Waals surface area contributed by atoms with E-state index in [4.69, 9.17) is 0 Å². The van der Waals surface area contributed by atoms with Gasteiger partial charge in [0, 0.05) is 5.56 Å². The van der Waals surface area contributed by atoms with Gasteiger partial charge < -0.3 is 0 Å². The molecule has 12 heavy (non-hydrogen) atoms. The van der Waals surface area contributed by atoms with E-state index in [1.54, 1.807) is 13.8 Å². The standard InChI is InChI=1S/C8H7FN2O/c1-4-3-6(9)5(2)8-7(4)10-12-11-8/h3H,1-2H3. The lowest BCUT2D eigenvalue weighted by Gasteiger charge is -1.97. The molecule has 0 spiro atoms. The Balaban J connectivity index is 2.97. The molecule has 0 aliphatic carbocycles. The summed E-state index contributed by atoms with van der Waals surface area (Å²) in [5.74, 6) is -0.268. The van der Waals surface area contributed by atoms with Crippen LogP contribution in [0.15, 0.2) is 10.7 Å². The molecule has 0 aliphatic heterocycles. The van der Waals surface area contributed by atoms with Gasteiger partial charge >= 0.3 is 0 Å². The number of benzene rings is 1. The van der Waals surface area contributed by atoms with Gasteiger partial charge in [0.05, 0.1) is 0 Å². The van der Waals surface area contributed by atoms with Crippen LogP contribution in [-0.2, 0) is 0 Å². The minimum Gasteiger partial charge on any atom is -0.243 e. The van der Waals surface area contributed by atoms with Gasteiger partial charge in [0.2, 0.25) is 0 Å². The molecule has 0 fully saturated rings. The van der Waals surface area contributed by atoms with Gasteiger partial charge in [0.25, 0.3) is 0 Å².